The van der Waals surface area contributed by atoms with Crippen LogP contribution in [0.1, 0.15) is 5.56 Å². The molecule has 0 spiro atoms. The summed E-state index contributed by atoms with van der Waals surface area (Å²) >= 11 is 0. The zero-order chi connectivity index (χ0) is 15.4. The highest BCUT2D eigenvalue weighted by Gasteiger charge is 2.07. The lowest BCUT2D eigenvalue weighted by Gasteiger charge is -2.08. The topological polar surface area (TPSA) is 51.2 Å². The Hall–Kier alpha value is -2.88. The lowest BCUT2D eigenvalue weighted by atomic mass is 10.1. The first-order chi connectivity index (χ1) is 10.8. The van der Waals surface area contributed by atoms with Gasteiger partial charge in [0.1, 0.15) is 5.75 Å². The highest BCUT2D eigenvalue weighted by atomic mass is 16.5. The zero-order valence-electron chi connectivity index (χ0n) is 12.2. The fourth-order valence-electron chi connectivity index (χ4n) is 2.33. The zero-order valence-corrected chi connectivity index (χ0v) is 12.2. The maximum absolute atomic E-state index is 12.2. The molecule has 4 heteroatoms. The number of amides is 1. The molecule has 3 rings (SSSR count). The Labute approximate surface area is 128 Å². The van der Waals surface area contributed by atoms with Gasteiger partial charge in [-0.1, -0.05) is 30.3 Å². The number of pyridine rings is 1. The minimum atomic E-state index is -0.0664. The van der Waals surface area contributed by atoms with Crippen molar-refractivity contribution >= 4 is 22.5 Å². The molecule has 3 aromatic rings. The van der Waals surface area contributed by atoms with Gasteiger partial charge in [0, 0.05) is 11.6 Å². The second-order valence-electron chi connectivity index (χ2n) is 4.95. The smallest absolute Gasteiger partial charge is 0.228 e. The molecule has 2 aromatic carbocycles. The summed E-state index contributed by atoms with van der Waals surface area (Å²) in [6.07, 6.45) is 2.04. The Morgan fingerprint density at radius 3 is 2.64 bits per heavy atom. The predicted octanol–water partition coefficient (Wildman–Crippen LogP) is 3.42. The van der Waals surface area contributed by atoms with Crippen LogP contribution in [0, 0.1) is 0 Å². The summed E-state index contributed by atoms with van der Waals surface area (Å²) in [4.78, 5) is 16.5. The molecular formula is C18H16N2O2. The standard InChI is InChI=1S/C18H16N2O2/c1-22-15-9-7-13(8-10-15)12-17(21)20-16-6-2-4-14-5-3-11-19-18(14)16/h2-11H,12H2,1H3,(H,20,21). The predicted molar refractivity (Wildman–Crippen MR) is 87.1 cm³/mol. The van der Waals surface area contributed by atoms with Gasteiger partial charge >= 0.3 is 0 Å². The molecular weight excluding hydrogens is 276 g/mol. The van der Waals surface area contributed by atoms with Crippen LogP contribution in [-0.4, -0.2) is 18.0 Å². The van der Waals surface area contributed by atoms with Crippen molar-refractivity contribution in [2.24, 2.45) is 0 Å². The van der Waals surface area contributed by atoms with Gasteiger partial charge in [0.25, 0.3) is 0 Å². The summed E-state index contributed by atoms with van der Waals surface area (Å²) in [5.41, 5.74) is 2.47. The molecule has 0 atom stereocenters. The number of para-hydroxylation sites is 1. The maximum Gasteiger partial charge on any atom is 0.228 e. The van der Waals surface area contributed by atoms with Gasteiger partial charge in [0.05, 0.1) is 24.7 Å². The molecule has 1 aromatic heterocycles. The van der Waals surface area contributed by atoms with Gasteiger partial charge in [-0.25, -0.2) is 0 Å². The molecule has 0 saturated heterocycles. The first kappa shape index (κ1) is 14.1. The van der Waals surface area contributed by atoms with Crippen LogP contribution in [0.5, 0.6) is 5.75 Å². The number of hydrogen-bond acceptors (Lipinski definition) is 3. The molecule has 110 valence electrons. The van der Waals surface area contributed by atoms with E-state index in [1.165, 1.54) is 0 Å². The highest BCUT2D eigenvalue weighted by Crippen LogP contribution is 2.21. The van der Waals surface area contributed by atoms with E-state index in [2.05, 4.69) is 10.3 Å². The number of benzene rings is 2. The minimum absolute atomic E-state index is 0.0664. The Bertz CT molecular complexity index is 792. The summed E-state index contributed by atoms with van der Waals surface area (Å²) in [6.45, 7) is 0. The van der Waals surface area contributed by atoms with Crippen molar-refractivity contribution in [3.63, 3.8) is 0 Å². The minimum Gasteiger partial charge on any atom is -0.497 e. The van der Waals surface area contributed by atoms with E-state index >= 15 is 0 Å². The van der Waals surface area contributed by atoms with Gasteiger partial charge in [0.15, 0.2) is 0 Å². The number of nitrogens with zero attached hydrogens (tertiary/aromatic N) is 1. The van der Waals surface area contributed by atoms with Crippen LogP contribution in [0.4, 0.5) is 5.69 Å². The summed E-state index contributed by atoms with van der Waals surface area (Å²) in [5.74, 6) is 0.714. The van der Waals surface area contributed by atoms with Crippen LogP contribution >= 0.6 is 0 Å². The molecule has 0 saturated carbocycles. The van der Waals surface area contributed by atoms with E-state index in [9.17, 15) is 4.79 Å². The van der Waals surface area contributed by atoms with Gasteiger partial charge in [-0.3, -0.25) is 9.78 Å². The molecule has 0 unspecified atom stereocenters. The van der Waals surface area contributed by atoms with Crippen molar-refractivity contribution in [2.75, 3.05) is 12.4 Å². The fourth-order valence-corrected chi connectivity index (χ4v) is 2.33. The average molecular weight is 292 g/mol. The number of carbonyl (C=O) groups is 1. The molecule has 0 aliphatic carbocycles. The molecule has 4 nitrogen and oxygen atoms in total. The van der Waals surface area contributed by atoms with Crippen LogP contribution in [0.2, 0.25) is 0 Å². The second kappa shape index (κ2) is 6.26. The summed E-state index contributed by atoms with van der Waals surface area (Å²) < 4.78 is 5.11. The lowest BCUT2D eigenvalue weighted by molar-refractivity contribution is -0.115. The third-order valence-electron chi connectivity index (χ3n) is 3.43. The summed E-state index contributed by atoms with van der Waals surface area (Å²) in [5, 5.41) is 3.93. The van der Waals surface area contributed by atoms with E-state index in [-0.39, 0.29) is 5.91 Å². The Morgan fingerprint density at radius 1 is 1.09 bits per heavy atom. The fraction of sp³-hybridized carbons (Fsp3) is 0.111. The van der Waals surface area contributed by atoms with Gasteiger partial charge in [-0.15, -0.1) is 0 Å². The van der Waals surface area contributed by atoms with Crippen LogP contribution in [0.3, 0.4) is 0 Å². The second-order valence-corrected chi connectivity index (χ2v) is 4.95. The number of carbonyl (C=O) groups excluding carboxylic acids is 1. The summed E-state index contributed by atoms with van der Waals surface area (Å²) in [6, 6.07) is 17.1. The van der Waals surface area contributed by atoms with Gasteiger partial charge in [0.2, 0.25) is 5.91 Å². The average Bonchev–Trinajstić information content (AvgIpc) is 2.56. The largest absolute Gasteiger partial charge is 0.497 e. The van der Waals surface area contributed by atoms with E-state index in [1.54, 1.807) is 13.3 Å². The number of nitrogens with one attached hydrogen (secondary N) is 1. The van der Waals surface area contributed by atoms with Gasteiger partial charge in [-0.2, -0.15) is 0 Å². The van der Waals surface area contributed by atoms with E-state index in [1.807, 2.05) is 54.6 Å². The van der Waals surface area contributed by atoms with Crippen molar-refractivity contribution in [3.05, 3.63) is 66.4 Å². The first-order valence-electron chi connectivity index (χ1n) is 7.03. The number of methoxy groups -OCH3 is 1. The molecule has 1 amide bonds. The first-order valence-corrected chi connectivity index (χ1v) is 7.03. The summed E-state index contributed by atoms with van der Waals surface area (Å²) in [7, 11) is 1.62. The number of anilines is 1. The van der Waals surface area contributed by atoms with Crippen molar-refractivity contribution < 1.29 is 9.53 Å². The highest BCUT2D eigenvalue weighted by molar-refractivity contribution is 6.00. The van der Waals surface area contributed by atoms with Crippen molar-refractivity contribution in [3.8, 4) is 5.75 Å². The number of fused-ring (bicyclic) bond motifs is 1. The Morgan fingerprint density at radius 2 is 1.86 bits per heavy atom. The van der Waals surface area contributed by atoms with Crippen molar-refractivity contribution in [1.29, 1.82) is 0 Å². The van der Waals surface area contributed by atoms with Crippen molar-refractivity contribution in [2.45, 2.75) is 6.42 Å². The molecule has 1 heterocycles. The normalized spacial score (nSPS) is 10.4. The molecule has 0 aliphatic heterocycles. The molecule has 1 N–H and O–H groups in total. The van der Waals surface area contributed by atoms with Gasteiger partial charge in [-0.05, 0) is 29.8 Å². The van der Waals surface area contributed by atoms with Crippen LogP contribution in [0.25, 0.3) is 10.9 Å². The molecule has 22 heavy (non-hydrogen) atoms. The quantitative estimate of drug-likeness (QED) is 0.801. The van der Waals surface area contributed by atoms with E-state index in [4.69, 9.17) is 4.74 Å². The third-order valence-corrected chi connectivity index (χ3v) is 3.43. The maximum atomic E-state index is 12.2. The Balaban J connectivity index is 1.75. The van der Waals surface area contributed by atoms with Gasteiger partial charge < -0.3 is 10.1 Å². The van der Waals surface area contributed by atoms with E-state index in [0.717, 1.165) is 27.9 Å². The molecule has 0 radical (unpaired) electrons. The number of rotatable bonds is 4. The van der Waals surface area contributed by atoms with Crippen LogP contribution < -0.4 is 10.1 Å². The van der Waals surface area contributed by atoms with Crippen LogP contribution in [0.15, 0.2) is 60.8 Å². The number of hydrogen-bond donors (Lipinski definition) is 1. The molecule has 0 fully saturated rings. The number of aromatic nitrogens is 1. The van der Waals surface area contributed by atoms with Crippen LogP contribution in [-0.2, 0) is 11.2 Å². The third kappa shape index (κ3) is 3.06. The lowest BCUT2D eigenvalue weighted by Crippen LogP contribution is -2.14. The van der Waals surface area contributed by atoms with Crippen molar-refractivity contribution in [1.82, 2.24) is 4.98 Å². The SMILES string of the molecule is COc1ccc(CC(=O)Nc2cccc3cccnc23)cc1. The molecule has 0 aliphatic rings. The van der Waals surface area contributed by atoms with E-state index in [0.29, 0.717) is 6.42 Å². The molecule has 0 bridgehead atoms. The monoisotopic (exact) mass is 292 g/mol. The van der Waals surface area contributed by atoms with E-state index < -0.39 is 0 Å². The Kier molecular flexibility index (Phi) is 4.01. The number of ether oxygens (including phenoxy) is 1.